The van der Waals surface area contributed by atoms with E-state index in [0.29, 0.717) is 6.54 Å². The summed E-state index contributed by atoms with van der Waals surface area (Å²) in [4.78, 5) is 6.56. The van der Waals surface area contributed by atoms with Gasteiger partial charge in [-0.05, 0) is 25.0 Å². The van der Waals surface area contributed by atoms with Gasteiger partial charge in [0.25, 0.3) is 0 Å². The number of nitrogens with one attached hydrogen (secondary N) is 2. The lowest BCUT2D eigenvalue weighted by molar-refractivity contribution is 0.380. The van der Waals surface area contributed by atoms with E-state index in [9.17, 15) is 0 Å². The third-order valence-corrected chi connectivity index (χ3v) is 4.42. The maximum Gasteiger partial charge on any atom is 0.191 e. The van der Waals surface area contributed by atoms with Crippen LogP contribution in [0.4, 0.5) is 5.69 Å². The van der Waals surface area contributed by atoms with Gasteiger partial charge in [-0.3, -0.25) is 4.99 Å². The van der Waals surface area contributed by atoms with Crippen LogP contribution in [0.5, 0.6) is 0 Å². The minimum Gasteiger partial charge on any atom is -0.375 e. The monoisotopic (exact) mass is 357 g/mol. The number of nitrogens with zero attached hydrogens (tertiary/aromatic N) is 3. The van der Waals surface area contributed by atoms with Gasteiger partial charge in [-0.1, -0.05) is 37.2 Å². The average Bonchev–Trinajstić information content (AvgIpc) is 3.09. The maximum atomic E-state index is 5.41. The third-order valence-electron chi connectivity index (χ3n) is 4.42. The summed E-state index contributed by atoms with van der Waals surface area (Å²) in [6, 6.07) is 10.4. The highest BCUT2D eigenvalue weighted by molar-refractivity contribution is 5.79. The first-order valence-corrected chi connectivity index (χ1v) is 9.36. The SMILES string of the molecule is CCc1noc(CC)c1CNC(=NC)NCCCN(C)c1ccccc1. The van der Waals surface area contributed by atoms with Crippen molar-refractivity contribution in [2.75, 3.05) is 32.1 Å². The maximum absolute atomic E-state index is 5.41. The van der Waals surface area contributed by atoms with E-state index in [-0.39, 0.29) is 0 Å². The first-order chi connectivity index (χ1) is 12.7. The Morgan fingerprint density at radius 2 is 1.92 bits per heavy atom. The smallest absolute Gasteiger partial charge is 0.191 e. The summed E-state index contributed by atoms with van der Waals surface area (Å²) in [5.74, 6) is 1.76. The number of guanidine groups is 1. The quantitative estimate of drug-likeness (QED) is 0.410. The van der Waals surface area contributed by atoms with E-state index >= 15 is 0 Å². The van der Waals surface area contributed by atoms with Gasteiger partial charge in [0, 0.05) is 51.4 Å². The summed E-state index contributed by atoms with van der Waals surface area (Å²) in [5, 5.41) is 10.9. The van der Waals surface area contributed by atoms with Gasteiger partial charge in [-0.2, -0.15) is 0 Å². The number of benzene rings is 1. The molecule has 1 aromatic carbocycles. The molecule has 6 heteroatoms. The standard InChI is InChI=1S/C20H31N5O/c1-5-18-17(19(6-2)26-24-18)15-23-20(21-3)22-13-10-14-25(4)16-11-8-7-9-12-16/h7-9,11-12H,5-6,10,13-15H2,1-4H3,(H2,21,22,23). The molecule has 0 saturated carbocycles. The molecule has 2 rings (SSSR count). The second-order valence-corrected chi connectivity index (χ2v) is 6.20. The number of hydrogen-bond donors (Lipinski definition) is 2. The van der Waals surface area contributed by atoms with Crippen LogP contribution in [0.15, 0.2) is 39.8 Å². The van der Waals surface area contributed by atoms with Crippen LogP contribution in [0.25, 0.3) is 0 Å². The largest absolute Gasteiger partial charge is 0.375 e. The molecule has 1 heterocycles. The first-order valence-electron chi connectivity index (χ1n) is 9.36. The molecule has 0 bridgehead atoms. The van der Waals surface area contributed by atoms with Gasteiger partial charge in [0.15, 0.2) is 5.96 Å². The van der Waals surface area contributed by atoms with Crippen LogP contribution in [0.1, 0.15) is 37.3 Å². The fourth-order valence-electron chi connectivity index (χ4n) is 2.87. The van der Waals surface area contributed by atoms with Gasteiger partial charge in [0.05, 0.1) is 5.69 Å². The van der Waals surface area contributed by atoms with Crippen LogP contribution in [-0.4, -0.2) is 38.3 Å². The lowest BCUT2D eigenvalue weighted by Crippen LogP contribution is -2.38. The van der Waals surface area contributed by atoms with Crippen molar-refractivity contribution in [2.45, 2.75) is 39.7 Å². The van der Waals surface area contributed by atoms with Crippen LogP contribution in [0, 0.1) is 0 Å². The van der Waals surface area contributed by atoms with Crippen molar-refractivity contribution in [1.82, 2.24) is 15.8 Å². The molecular weight excluding hydrogens is 326 g/mol. The van der Waals surface area contributed by atoms with Crippen molar-refractivity contribution in [3.63, 3.8) is 0 Å². The number of para-hydroxylation sites is 1. The fourth-order valence-corrected chi connectivity index (χ4v) is 2.87. The average molecular weight is 358 g/mol. The molecule has 6 nitrogen and oxygen atoms in total. The van der Waals surface area contributed by atoms with Crippen molar-refractivity contribution in [2.24, 2.45) is 4.99 Å². The van der Waals surface area contributed by atoms with Crippen molar-refractivity contribution >= 4 is 11.6 Å². The topological polar surface area (TPSA) is 65.7 Å². The van der Waals surface area contributed by atoms with Gasteiger partial charge in [0.1, 0.15) is 5.76 Å². The van der Waals surface area contributed by atoms with Crippen molar-refractivity contribution in [1.29, 1.82) is 0 Å². The Bertz CT molecular complexity index is 659. The van der Waals surface area contributed by atoms with E-state index in [4.69, 9.17) is 4.52 Å². The highest BCUT2D eigenvalue weighted by atomic mass is 16.5. The summed E-state index contributed by atoms with van der Waals surface area (Å²) in [6.07, 6.45) is 2.75. The molecule has 1 aromatic heterocycles. The Morgan fingerprint density at radius 3 is 2.58 bits per heavy atom. The summed E-state index contributed by atoms with van der Waals surface area (Å²) in [6.45, 7) is 6.71. The zero-order chi connectivity index (χ0) is 18.8. The van der Waals surface area contributed by atoms with E-state index in [0.717, 1.165) is 55.3 Å². The summed E-state index contributed by atoms with van der Waals surface area (Å²) < 4.78 is 5.41. The predicted octanol–water partition coefficient (Wildman–Crippen LogP) is 2.99. The Hall–Kier alpha value is -2.50. The molecule has 0 fully saturated rings. The highest BCUT2D eigenvalue weighted by Gasteiger charge is 2.13. The molecule has 2 aromatic rings. The number of hydrogen-bond acceptors (Lipinski definition) is 4. The number of aryl methyl sites for hydroxylation is 2. The highest BCUT2D eigenvalue weighted by Crippen LogP contribution is 2.15. The summed E-state index contributed by atoms with van der Waals surface area (Å²) in [5.41, 5.74) is 3.41. The van der Waals surface area contributed by atoms with Gasteiger partial charge in [-0.15, -0.1) is 0 Å². The molecule has 0 unspecified atom stereocenters. The summed E-state index contributed by atoms with van der Waals surface area (Å²) >= 11 is 0. The van der Waals surface area contributed by atoms with E-state index < -0.39 is 0 Å². The van der Waals surface area contributed by atoms with Gasteiger partial charge >= 0.3 is 0 Å². The van der Waals surface area contributed by atoms with Crippen molar-refractivity contribution in [3.8, 4) is 0 Å². The van der Waals surface area contributed by atoms with E-state index in [2.05, 4.69) is 70.8 Å². The van der Waals surface area contributed by atoms with Crippen LogP contribution in [0.2, 0.25) is 0 Å². The van der Waals surface area contributed by atoms with Crippen molar-refractivity contribution in [3.05, 3.63) is 47.3 Å². The molecule has 0 aliphatic heterocycles. The normalized spacial score (nSPS) is 11.5. The zero-order valence-corrected chi connectivity index (χ0v) is 16.4. The Morgan fingerprint density at radius 1 is 1.15 bits per heavy atom. The molecule has 0 radical (unpaired) electrons. The molecule has 0 aliphatic rings. The van der Waals surface area contributed by atoms with Crippen molar-refractivity contribution < 1.29 is 4.52 Å². The third kappa shape index (κ3) is 5.51. The minimum absolute atomic E-state index is 0.680. The van der Waals surface area contributed by atoms with Gasteiger partial charge in [-0.25, -0.2) is 0 Å². The second kappa shape index (κ2) is 10.5. The van der Waals surface area contributed by atoms with Crippen LogP contribution < -0.4 is 15.5 Å². The second-order valence-electron chi connectivity index (χ2n) is 6.20. The van der Waals surface area contributed by atoms with Gasteiger partial charge < -0.3 is 20.1 Å². The van der Waals surface area contributed by atoms with Gasteiger partial charge in [0.2, 0.25) is 0 Å². The Balaban J connectivity index is 1.75. The molecule has 142 valence electrons. The van der Waals surface area contributed by atoms with E-state index in [1.54, 1.807) is 7.05 Å². The first kappa shape index (κ1) is 19.8. The molecule has 26 heavy (non-hydrogen) atoms. The molecular formula is C20H31N5O. The fraction of sp³-hybridized carbons (Fsp3) is 0.500. The van der Waals surface area contributed by atoms with Crippen LogP contribution >= 0.6 is 0 Å². The van der Waals surface area contributed by atoms with E-state index in [1.165, 1.54) is 5.69 Å². The van der Waals surface area contributed by atoms with E-state index in [1.807, 2.05) is 6.07 Å². The zero-order valence-electron chi connectivity index (χ0n) is 16.4. The molecule has 0 atom stereocenters. The molecule has 0 saturated heterocycles. The Kier molecular flexibility index (Phi) is 7.99. The Labute approximate surface area is 156 Å². The minimum atomic E-state index is 0.680. The summed E-state index contributed by atoms with van der Waals surface area (Å²) in [7, 11) is 3.91. The number of aromatic nitrogens is 1. The number of aliphatic imine (C=N–C) groups is 1. The van der Waals surface area contributed by atoms with Crippen LogP contribution in [-0.2, 0) is 19.4 Å². The number of rotatable bonds is 9. The molecule has 0 amide bonds. The van der Waals surface area contributed by atoms with Crippen LogP contribution in [0.3, 0.4) is 0 Å². The lowest BCUT2D eigenvalue weighted by atomic mass is 10.1. The lowest BCUT2D eigenvalue weighted by Gasteiger charge is -2.19. The number of anilines is 1. The molecule has 0 spiro atoms. The predicted molar refractivity (Wildman–Crippen MR) is 108 cm³/mol. The molecule has 0 aliphatic carbocycles. The molecule has 2 N–H and O–H groups in total.